The average molecular weight is 156 g/mol. The van der Waals surface area contributed by atoms with Gasteiger partial charge < -0.3 is 10.2 Å². The van der Waals surface area contributed by atoms with Gasteiger partial charge in [-0.3, -0.25) is 0 Å². The first kappa shape index (κ1) is 8.75. The smallest absolute Gasteiger partial charge is 0.0515 e. The SMILES string of the molecule is C/C=C/[C@H]1CCC1(CO)CO. The van der Waals surface area contributed by atoms with E-state index in [0.29, 0.717) is 5.92 Å². The summed E-state index contributed by atoms with van der Waals surface area (Å²) in [6.07, 6.45) is 6.13. The fourth-order valence-corrected chi connectivity index (χ4v) is 1.69. The van der Waals surface area contributed by atoms with E-state index in [4.69, 9.17) is 10.2 Å². The Morgan fingerprint density at radius 1 is 1.45 bits per heavy atom. The van der Waals surface area contributed by atoms with Crippen molar-refractivity contribution in [3.8, 4) is 0 Å². The topological polar surface area (TPSA) is 40.5 Å². The second kappa shape index (κ2) is 3.37. The Kier molecular flexibility index (Phi) is 2.68. The Bertz CT molecular complexity index is 142. The fourth-order valence-electron chi connectivity index (χ4n) is 1.69. The van der Waals surface area contributed by atoms with E-state index in [0.717, 1.165) is 12.8 Å². The normalized spacial score (nSPS) is 28.8. The van der Waals surface area contributed by atoms with Gasteiger partial charge in [-0.2, -0.15) is 0 Å². The van der Waals surface area contributed by atoms with Gasteiger partial charge in [-0.1, -0.05) is 12.2 Å². The summed E-state index contributed by atoms with van der Waals surface area (Å²) in [6.45, 7) is 2.19. The molecular weight excluding hydrogens is 140 g/mol. The zero-order valence-corrected chi connectivity index (χ0v) is 6.95. The molecule has 0 radical (unpaired) electrons. The number of aliphatic hydroxyl groups is 2. The fraction of sp³-hybridized carbons (Fsp3) is 0.778. The zero-order chi connectivity index (χ0) is 8.32. The van der Waals surface area contributed by atoms with Crippen LogP contribution in [0, 0.1) is 11.3 Å². The summed E-state index contributed by atoms with van der Waals surface area (Å²) in [5.41, 5.74) is -0.202. The monoisotopic (exact) mass is 156 g/mol. The summed E-state index contributed by atoms with van der Waals surface area (Å²) in [4.78, 5) is 0. The van der Waals surface area contributed by atoms with E-state index in [9.17, 15) is 0 Å². The van der Waals surface area contributed by atoms with Gasteiger partial charge in [-0.25, -0.2) is 0 Å². The van der Waals surface area contributed by atoms with Gasteiger partial charge in [0.15, 0.2) is 0 Å². The molecule has 0 aromatic rings. The molecule has 11 heavy (non-hydrogen) atoms. The molecule has 1 rings (SSSR count). The minimum atomic E-state index is -0.202. The summed E-state index contributed by atoms with van der Waals surface area (Å²) in [7, 11) is 0. The molecule has 0 aromatic heterocycles. The third-order valence-electron chi connectivity index (χ3n) is 2.79. The van der Waals surface area contributed by atoms with Gasteiger partial charge in [-0.05, 0) is 25.7 Å². The van der Waals surface area contributed by atoms with E-state index < -0.39 is 0 Å². The van der Waals surface area contributed by atoms with Gasteiger partial charge in [0.05, 0.1) is 13.2 Å². The van der Waals surface area contributed by atoms with Crippen molar-refractivity contribution in [1.82, 2.24) is 0 Å². The summed E-state index contributed by atoms with van der Waals surface area (Å²) >= 11 is 0. The first-order chi connectivity index (χ1) is 5.29. The molecule has 1 atom stereocenters. The largest absolute Gasteiger partial charge is 0.396 e. The molecule has 0 saturated heterocycles. The van der Waals surface area contributed by atoms with Crippen molar-refractivity contribution >= 4 is 0 Å². The predicted molar refractivity (Wildman–Crippen MR) is 44.1 cm³/mol. The lowest BCUT2D eigenvalue weighted by Crippen LogP contribution is -2.45. The van der Waals surface area contributed by atoms with Crippen molar-refractivity contribution in [3.05, 3.63) is 12.2 Å². The van der Waals surface area contributed by atoms with Gasteiger partial charge in [0.2, 0.25) is 0 Å². The highest BCUT2D eigenvalue weighted by atomic mass is 16.3. The Morgan fingerprint density at radius 2 is 2.09 bits per heavy atom. The molecule has 0 aromatic carbocycles. The Morgan fingerprint density at radius 3 is 2.36 bits per heavy atom. The second-order valence-corrected chi connectivity index (χ2v) is 3.35. The van der Waals surface area contributed by atoms with Gasteiger partial charge in [0.1, 0.15) is 0 Å². The highest BCUT2D eigenvalue weighted by Crippen LogP contribution is 2.46. The molecule has 0 bridgehead atoms. The van der Waals surface area contributed by atoms with Crippen LogP contribution < -0.4 is 0 Å². The van der Waals surface area contributed by atoms with E-state index in [1.54, 1.807) is 0 Å². The van der Waals surface area contributed by atoms with Crippen molar-refractivity contribution in [2.45, 2.75) is 19.8 Å². The van der Waals surface area contributed by atoms with E-state index in [2.05, 4.69) is 6.08 Å². The molecule has 0 heterocycles. The molecule has 0 aliphatic heterocycles. The third kappa shape index (κ3) is 1.33. The van der Waals surface area contributed by atoms with Crippen LogP contribution in [0.5, 0.6) is 0 Å². The number of allylic oxidation sites excluding steroid dienone is 2. The molecular formula is C9H16O2. The molecule has 2 heteroatoms. The van der Waals surface area contributed by atoms with Crippen LogP contribution in [0.4, 0.5) is 0 Å². The summed E-state index contributed by atoms with van der Waals surface area (Å²) < 4.78 is 0. The van der Waals surface area contributed by atoms with Crippen LogP contribution in [0.3, 0.4) is 0 Å². The minimum absolute atomic E-state index is 0.110. The average Bonchev–Trinajstić information content (AvgIpc) is 2.01. The van der Waals surface area contributed by atoms with Crippen LogP contribution in [-0.2, 0) is 0 Å². The molecule has 1 aliphatic carbocycles. The van der Waals surface area contributed by atoms with Crippen LogP contribution in [0.1, 0.15) is 19.8 Å². The molecule has 1 aliphatic rings. The maximum absolute atomic E-state index is 9.04. The molecule has 2 nitrogen and oxygen atoms in total. The van der Waals surface area contributed by atoms with Crippen molar-refractivity contribution in [1.29, 1.82) is 0 Å². The summed E-state index contributed by atoms with van der Waals surface area (Å²) in [5.74, 6) is 0.391. The predicted octanol–water partition coefficient (Wildman–Crippen LogP) is 0.944. The molecule has 64 valence electrons. The third-order valence-corrected chi connectivity index (χ3v) is 2.79. The van der Waals surface area contributed by atoms with Gasteiger partial charge in [0, 0.05) is 5.41 Å². The summed E-state index contributed by atoms with van der Waals surface area (Å²) in [6, 6.07) is 0. The quantitative estimate of drug-likeness (QED) is 0.597. The molecule has 0 spiro atoms. The van der Waals surface area contributed by atoms with Gasteiger partial charge in [0.25, 0.3) is 0 Å². The lowest BCUT2D eigenvalue weighted by molar-refractivity contribution is -0.0471. The van der Waals surface area contributed by atoms with Gasteiger partial charge >= 0.3 is 0 Å². The van der Waals surface area contributed by atoms with Crippen molar-refractivity contribution in [3.63, 3.8) is 0 Å². The number of rotatable bonds is 3. The lowest BCUT2D eigenvalue weighted by atomic mass is 9.61. The van der Waals surface area contributed by atoms with E-state index in [-0.39, 0.29) is 18.6 Å². The number of hydrogen-bond donors (Lipinski definition) is 2. The Hall–Kier alpha value is -0.340. The standard InChI is InChI=1S/C9H16O2/c1-2-3-8-4-5-9(8,6-10)7-11/h2-3,8,10-11H,4-7H2,1H3/b3-2+/t8-/m0/s1. The Balaban J connectivity index is 2.56. The number of hydrogen-bond acceptors (Lipinski definition) is 2. The maximum Gasteiger partial charge on any atom is 0.0515 e. The highest BCUT2D eigenvalue weighted by Gasteiger charge is 2.44. The van der Waals surface area contributed by atoms with Crippen molar-refractivity contribution < 1.29 is 10.2 Å². The Labute approximate surface area is 67.6 Å². The van der Waals surface area contributed by atoms with E-state index >= 15 is 0 Å². The van der Waals surface area contributed by atoms with Gasteiger partial charge in [-0.15, -0.1) is 0 Å². The van der Waals surface area contributed by atoms with Crippen LogP contribution in [-0.4, -0.2) is 23.4 Å². The molecule has 0 amide bonds. The zero-order valence-electron chi connectivity index (χ0n) is 6.95. The van der Waals surface area contributed by atoms with Crippen molar-refractivity contribution in [2.75, 3.05) is 13.2 Å². The molecule has 1 saturated carbocycles. The second-order valence-electron chi connectivity index (χ2n) is 3.35. The first-order valence-electron chi connectivity index (χ1n) is 4.13. The van der Waals surface area contributed by atoms with Crippen molar-refractivity contribution in [2.24, 2.45) is 11.3 Å². The van der Waals surface area contributed by atoms with E-state index in [1.165, 1.54) is 0 Å². The maximum atomic E-state index is 9.04. The molecule has 1 fully saturated rings. The molecule has 0 unspecified atom stereocenters. The highest BCUT2D eigenvalue weighted by molar-refractivity contribution is 5.04. The van der Waals surface area contributed by atoms with E-state index in [1.807, 2.05) is 13.0 Å². The van der Waals surface area contributed by atoms with Crippen LogP contribution >= 0.6 is 0 Å². The summed E-state index contributed by atoms with van der Waals surface area (Å²) in [5, 5.41) is 18.1. The minimum Gasteiger partial charge on any atom is -0.396 e. The van der Waals surface area contributed by atoms with Crippen LogP contribution in [0.15, 0.2) is 12.2 Å². The number of aliphatic hydroxyl groups excluding tert-OH is 2. The molecule has 2 N–H and O–H groups in total. The lowest BCUT2D eigenvalue weighted by Gasteiger charge is -2.46. The van der Waals surface area contributed by atoms with Crippen LogP contribution in [0.25, 0.3) is 0 Å². The first-order valence-corrected chi connectivity index (χ1v) is 4.13. The van der Waals surface area contributed by atoms with Crippen LogP contribution in [0.2, 0.25) is 0 Å².